The van der Waals surface area contributed by atoms with Gasteiger partial charge in [-0.1, -0.05) is 26.8 Å². The molecule has 1 aliphatic rings. The van der Waals surface area contributed by atoms with Gasteiger partial charge in [-0.3, -0.25) is 0 Å². The molecule has 2 rings (SSSR count). The molecule has 1 aromatic rings. The lowest BCUT2D eigenvalue weighted by molar-refractivity contribution is 0.361. The Morgan fingerprint density at radius 2 is 2.16 bits per heavy atom. The Morgan fingerprint density at radius 3 is 2.89 bits per heavy atom. The lowest BCUT2D eigenvalue weighted by Gasteiger charge is -2.39. The molecule has 1 fully saturated rings. The summed E-state index contributed by atoms with van der Waals surface area (Å²) in [6, 6.07) is 7.48. The first kappa shape index (κ1) is 14.3. The maximum atomic E-state index is 4.82. The van der Waals surface area contributed by atoms with Gasteiger partial charge in [0, 0.05) is 25.2 Å². The number of rotatable bonds is 4. The molecule has 0 saturated carbocycles. The summed E-state index contributed by atoms with van der Waals surface area (Å²) in [7, 11) is 0. The van der Waals surface area contributed by atoms with E-state index in [1.165, 1.54) is 12.8 Å². The smallest absolute Gasteiger partial charge is 0.129 e. The molecule has 2 unspecified atom stereocenters. The number of piperidine rings is 1. The molecule has 1 saturated heterocycles. The maximum Gasteiger partial charge on any atom is 0.129 e. The van der Waals surface area contributed by atoms with Crippen LogP contribution in [0.5, 0.6) is 0 Å². The van der Waals surface area contributed by atoms with E-state index in [4.69, 9.17) is 4.98 Å². The summed E-state index contributed by atoms with van der Waals surface area (Å²) in [5, 5.41) is 3.43. The molecule has 106 valence electrons. The van der Waals surface area contributed by atoms with Crippen LogP contribution in [0.4, 0.5) is 5.82 Å². The van der Waals surface area contributed by atoms with Gasteiger partial charge in [0.05, 0.1) is 5.69 Å². The first-order chi connectivity index (χ1) is 9.08. The molecular formula is C16H27N3. The van der Waals surface area contributed by atoms with Crippen LogP contribution in [-0.4, -0.2) is 23.6 Å². The van der Waals surface area contributed by atoms with Gasteiger partial charge in [0.1, 0.15) is 5.82 Å². The number of nitrogens with one attached hydrogen (secondary N) is 1. The topological polar surface area (TPSA) is 28.2 Å². The Morgan fingerprint density at radius 1 is 1.37 bits per heavy atom. The zero-order chi connectivity index (χ0) is 13.8. The normalized spacial score (nSPS) is 23.9. The molecule has 1 N–H and O–H groups in total. The molecule has 0 aliphatic carbocycles. The number of anilines is 1. The van der Waals surface area contributed by atoms with Crippen LogP contribution in [0.1, 0.15) is 46.2 Å². The van der Waals surface area contributed by atoms with Gasteiger partial charge >= 0.3 is 0 Å². The molecule has 0 spiro atoms. The SMILES string of the molecule is CC(C)NCc1cccc(N2CCCC(C)C2C)n1. The number of nitrogens with zero attached hydrogens (tertiary/aromatic N) is 2. The van der Waals surface area contributed by atoms with Crippen LogP contribution in [0, 0.1) is 5.92 Å². The van der Waals surface area contributed by atoms with Crippen LogP contribution in [-0.2, 0) is 6.54 Å². The van der Waals surface area contributed by atoms with Gasteiger partial charge in [0.25, 0.3) is 0 Å². The molecule has 0 radical (unpaired) electrons. The van der Waals surface area contributed by atoms with Gasteiger partial charge in [-0.2, -0.15) is 0 Å². The highest BCUT2D eigenvalue weighted by Crippen LogP contribution is 2.27. The fourth-order valence-corrected chi connectivity index (χ4v) is 2.69. The van der Waals surface area contributed by atoms with Crippen LogP contribution in [0.15, 0.2) is 18.2 Å². The zero-order valence-electron chi connectivity index (χ0n) is 12.7. The van der Waals surface area contributed by atoms with E-state index in [1.807, 2.05) is 0 Å². The molecule has 1 aliphatic heterocycles. The Bertz CT molecular complexity index is 403. The summed E-state index contributed by atoms with van der Waals surface area (Å²) in [6.07, 6.45) is 2.62. The molecule has 0 aromatic carbocycles. The molecular weight excluding hydrogens is 234 g/mol. The molecule has 2 atom stereocenters. The molecule has 2 heterocycles. The highest BCUT2D eigenvalue weighted by atomic mass is 15.2. The van der Waals surface area contributed by atoms with Crippen molar-refractivity contribution in [3.8, 4) is 0 Å². The highest BCUT2D eigenvalue weighted by molar-refractivity contribution is 5.41. The molecule has 0 amide bonds. The zero-order valence-corrected chi connectivity index (χ0v) is 12.7. The lowest BCUT2D eigenvalue weighted by Crippen LogP contribution is -2.43. The third-order valence-electron chi connectivity index (χ3n) is 4.15. The molecule has 3 nitrogen and oxygen atoms in total. The van der Waals surface area contributed by atoms with Crippen LogP contribution >= 0.6 is 0 Å². The van der Waals surface area contributed by atoms with Gasteiger partial charge in [-0.05, 0) is 37.8 Å². The molecule has 3 heteroatoms. The fourth-order valence-electron chi connectivity index (χ4n) is 2.69. The van der Waals surface area contributed by atoms with Crippen molar-refractivity contribution < 1.29 is 0 Å². The van der Waals surface area contributed by atoms with E-state index in [-0.39, 0.29) is 0 Å². The van der Waals surface area contributed by atoms with Crippen molar-refractivity contribution in [3.05, 3.63) is 23.9 Å². The van der Waals surface area contributed by atoms with E-state index < -0.39 is 0 Å². The van der Waals surface area contributed by atoms with E-state index in [2.05, 4.69) is 56.1 Å². The standard InChI is InChI=1S/C16H27N3/c1-12(2)17-11-15-8-5-9-16(18-15)19-10-6-7-13(3)14(19)4/h5,8-9,12-14,17H,6-7,10-11H2,1-4H3. The minimum atomic E-state index is 0.499. The molecule has 19 heavy (non-hydrogen) atoms. The Balaban J connectivity index is 2.09. The lowest BCUT2D eigenvalue weighted by atomic mass is 9.92. The number of hydrogen-bond donors (Lipinski definition) is 1. The van der Waals surface area contributed by atoms with E-state index in [0.29, 0.717) is 12.1 Å². The average molecular weight is 261 g/mol. The first-order valence-corrected chi connectivity index (χ1v) is 7.54. The second-order valence-corrected chi connectivity index (χ2v) is 6.08. The molecule has 1 aromatic heterocycles. The summed E-state index contributed by atoms with van der Waals surface area (Å²) in [5.74, 6) is 1.90. The predicted octanol–water partition coefficient (Wildman–Crippen LogP) is 3.20. The third kappa shape index (κ3) is 3.69. The summed E-state index contributed by atoms with van der Waals surface area (Å²) in [4.78, 5) is 7.28. The van der Waals surface area contributed by atoms with E-state index in [9.17, 15) is 0 Å². The maximum absolute atomic E-state index is 4.82. The average Bonchev–Trinajstić information content (AvgIpc) is 2.40. The Labute approximate surface area is 117 Å². The van der Waals surface area contributed by atoms with Crippen molar-refractivity contribution in [2.45, 2.75) is 59.2 Å². The largest absolute Gasteiger partial charge is 0.354 e. The fraction of sp³-hybridized carbons (Fsp3) is 0.688. The van der Waals surface area contributed by atoms with Crippen molar-refractivity contribution in [2.24, 2.45) is 5.92 Å². The second kappa shape index (κ2) is 6.38. The minimum Gasteiger partial charge on any atom is -0.354 e. The Kier molecular flexibility index (Phi) is 4.81. The van der Waals surface area contributed by atoms with Gasteiger partial charge < -0.3 is 10.2 Å². The second-order valence-electron chi connectivity index (χ2n) is 6.08. The van der Waals surface area contributed by atoms with Crippen molar-refractivity contribution in [3.63, 3.8) is 0 Å². The van der Waals surface area contributed by atoms with Gasteiger partial charge in [0.2, 0.25) is 0 Å². The van der Waals surface area contributed by atoms with Crippen molar-refractivity contribution in [1.29, 1.82) is 0 Å². The van der Waals surface area contributed by atoms with Crippen molar-refractivity contribution in [2.75, 3.05) is 11.4 Å². The van der Waals surface area contributed by atoms with Gasteiger partial charge in [0.15, 0.2) is 0 Å². The van der Waals surface area contributed by atoms with Crippen LogP contribution in [0.2, 0.25) is 0 Å². The summed E-state index contributed by atoms with van der Waals surface area (Å²) in [5.41, 5.74) is 1.14. The van der Waals surface area contributed by atoms with Gasteiger partial charge in [-0.25, -0.2) is 4.98 Å². The van der Waals surface area contributed by atoms with Crippen molar-refractivity contribution in [1.82, 2.24) is 10.3 Å². The van der Waals surface area contributed by atoms with E-state index in [1.54, 1.807) is 0 Å². The van der Waals surface area contributed by atoms with Crippen LogP contribution < -0.4 is 10.2 Å². The van der Waals surface area contributed by atoms with Crippen LogP contribution in [0.3, 0.4) is 0 Å². The highest BCUT2D eigenvalue weighted by Gasteiger charge is 2.25. The van der Waals surface area contributed by atoms with Crippen molar-refractivity contribution >= 4 is 5.82 Å². The minimum absolute atomic E-state index is 0.499. The third-order valence-corrected chi connectivity index (χ3v) is 4.15. The van der Waals surface area contributed by atoms with E-state index >= 15 is 0 Å². The summed E-state index contributed by atoms with van der Waals surface area (Å²) in [6.45, 7) is 11.0. The Hall–Kier alpha value is -1.09. The summed E-state index contributed by atoms with van der Waals surface area (Å²) < 4.78 is 0. The quantitative estimate of drug-likeness (QED) is 0.902. The van der Waals surface area contributed by atoms with E-state index in [0.717, 1.165) is 30.5 Å². The van der Waals surface area contributed by atoms with Crippen LogP contribution in [0.25, 0.3) is 0 Å². The summed E-state index contributed by atoms with van der Waals surface area (Å²) >= 11 is 0. The molecule has 0 bridgehead atoms. The van der Waals surface area contributed by atoms with Gasteiger partial charge in [-0.15, -0.1) is 0 Å². The number of aromatic nitrogens is 1. The number of hydrogen-bond acceptors (Lipinski definition) is 3. The first-order valence-electron chi connectivity index (χ1n) is 7.54. The predicted molar refractivity (Wildman–Crippen MR) is 81.4 cm³/mol. The number of pyridine rings is 1. The monoisotopic (exact) mass is 261 g/mol.